The van der Waals surface area contributed by atoms with Crippen molar-refractivity contribution in [3.05, 3.63) is 0 Å². The average Bonchev–Trinajstić information content (AvgIpc) is 3.42. The van der Waals surface area contributed by atoms with Gasteiger partial charge in [-0.05, 0) is 24.7 Å². The third-order valence-corrected chi connectivity index (χ3v) is 5.12. The van der Waals surface area contributed by atoms with Crippen LogP contribution in [0.25, 0.3) is 0 Å². The van der Waals surface area contributed by atoms with Gasteiger partial charge in [0.05, 0.1) is 13.2 Å². The molecule has 0 radical (unpaired) electrons. The molecular weight excluding hydrogens is 461 g/mol. The first kappa shape index (κ1) is 24.4. The van der Waals surface area contributed by atoms with Gasteiger partial charge in [-0.3, -0.25) is 9.69 Å². The number of carbonyl (C=O) groups is 1. The van der Waals surface area contributed by atoms with Crippen LogP contribution in [0.5, 0.6) is 0 Å². The highest BCUT2D eigenvalue weighted by Crippen LogP contribution is 2.48. The second kappa shape index (κ2) is 12.7. The number of nitrogens with zero attached hydrogens (tertiary/aromatic N) is 3. The van der Waals surface area contributed by atoms with E-state index >= 15 is 0 Å². The minimum absolute atomic E-state index is 0. The van der Waals surface area contributed by atoms with Crippen molar-refractivity contribution in [3.8, 4) is 0 Å². The van der Waals surface area contributed by atoms with Crippen LogP contribution in [0.4, 0.5) is 0 Å². The third kappa shape index (κ3) is 9.40. The fraction of sp³-hybridized carbons (Fsp3) is 0.889. The molecule has 0 aromatic carbocycles. The topological polar surface area (TPSA) is 78.4 Å². The summed E-state index contributed by atoms with van der Waals surface area (Å²) in [5.41, 5.74) is 0.328. The molecule has 1 saturated heterocycles. The van der Waals surface area contributed by atoms with Gasteiger partial charge in [0, 0.05) is 60.5 Å². The Hall–Kier alpha value is -0.650. The highest BCUT2D eigenvalue weighted by molar-refractivity contribution is 14.0. The number of likely N-dealkylation sites (N-methyl/N-ethyl adjacent to an activating group) is 1. The van der Waals surface area contributed by atoms with Gasteiger partial charge in [0.2, 0.25) is 5.91 Å². The number of carbonyl (C=O) groups excluding carboxylic acids is 1. The van der Waals surface area contributed by atoms with Gasteiger partial charge in [-0.2, -0.15) is 0 Å². The fourth-order valence-electron chi connectivity index (χ4n) is 2.90. The molecule has 1 amide bonds. The maximum Gasteiger partial charge on any atom is 0.243 e. The van der Waals surface area contributed by atoms with Crippen LogP contribution in [0.2, 0.25) is 0 Å². The monoisotopic (exact) mass is 497 g/mol. The van der Waals surface area contributed by atoms with Crippen molar-refractivity contribution in [2.24, 2.45) is 10.4 Å². The molecule has 0 spiro atoms. The van der Waals surface area contributed by atoms with Crippen LogP contribution in [-0.2, 0) is 14.3 Å². The highest BCUT2D eigenvalue weighted by Gasteiger charge is 2.41. The van der Waals surface area contributed by atoms with Gasteiger partial charge in [0.15, 0.2) is 5.96 Å². The number of hydrogen-bond acceptors (Lipinski definition) is 5. The minimum atomic E-state index is -0.000188. The SMILES string of the molecule is COCCC1(CNC(=NCC(=O)N(C)C)NCCN2CCOCC2)CC1.I. The van der Waals surface area contributed by atoms with E-state index in [4.69, 9.17) is 9.47 Å². The molecule has 2 aliphatic rings. The Bertz CT molecular complexity index is 466. The lowest BCUT2D eigenvalue weighted by molar-refractivity contribution is -0.127. The maximum atomic E-state index is 11.8. The van der Waals surface area contributed by atoms with Crippen molar-refractivity contribution in [1.82, 2.24) is 20.4 Å². The molecule has 8 nitrogen and oxygen atoms in total. The number of methoxy groups -OCH3 is 1. The quantitative estimate of drug-likeness (QED) is 0.258. The summed E-state index contributed by atoms with van der Waals surface area (Å²) in [7, 11) is 5.25. The van der Waals surface area contributed by atoms with Gasteiger partial charge >= 0.3 is 0 Å². The van der Waals surface area contributed by atoms with Crippen molar-refractivity contribution in [1.29, 1.82) is 0 Å². The molecule has 0 bridgehead atoms. The lowest BCUT2D eigenvalue weighted by Crippen LogP contribution is -2.46. The summed E-state index contributed by atoms with van der Waals surface area (Å²) in [4.78, 5) is 20.3. The predicted molar refractivity (Wildman–Crippen MR) is 118 cm³/mol. The highest BCUT2D eigenvalue weighted by atomic mass is 127. The van der Waals surface area contributed by atoms with Crippen LogP contribution in [-0.4, -0.2) is 102 Å². The van der Waals surface area contributed by atoms with E-state index < -0.39 is 0 Å². The number of guanidine groups is 1. The first-order valence-electron chi connectivity index (χ1n) is 9.56. The van der Waals surface area contributed by atoms with Crippen molar-refractivity contribution >= 4 is 35.8 Å². The smallest absolute Gasteiger partial charge is 0.243 e. The van der Waals surface area contributed by atoms with E-state index in [2.05, 4.69) is 20.5 Å². The second-order valence-corrected chi connectivity index (χ2v) is 7.43. The summed E-state index contributed by atoms with van der Waals surface area (Å²) in [5.74, 6) is 0.719. The number of halogens is 1. The number of ether oxygens (including phenoxy) is 2. The van der Waals surface area contributed by atoms with Crippen molar-refractivity contribution in [3.63, 3.8) is 0 Å². The van der Waals surface area contributed by atoms with Crippen molar-refractivity contribution in [2.75, 3.05) is 80.3 Å². The van der Waals surface area contributed by atoms with Gasteiger partial charge in [0.1, 0.15) is 6.54 Å². The standard InChI is InChI=1S/C18H35N5O3.HI/c1-22(2)16(24)14-20-17(19-7-8-23-9-12-26-13-10-23)21-15-18(4-5-18)6-11-25-3;/h4-15H2,1-3H3,(H2,19,20,21);1H. The average molecular weight is 497 g/mol. The Labute approximate surface area is 180 Å². The first-order chi connectivity index (χ1) is 12.5. The molecule has 1 heterocycles. The Balaban J connectivity index is 0.00000364. The number of nitrogens with one attached hydrogen (secondary N) is 2. The zero-order chi connectivity index (χ0) is 18.8. The summed E-state index contributed by atoms with van der Waals surface area (Å²) in [6.45, 7) is 7.12. The van der Waals surface area contributed by atoms with Crippen LogP contribution in [0, 0.1) is 5.41 Å². The molecule has 2 rings (SSSR count). The van der Waals surface area contributed by atoms with Gasteiger partial charge < -0.3 is 25.0 Å². The molecule has 0 atom stereocenters. The molecular formula is C18H36IN5O3. The largest absolute Gasteiger partial charge is 0.385 e. The van der Waals surface area contributed by atoms with Gasteiger partial charge in [0.25, 0.3) is 0 Å². The lowest BCUT2D eigenvalue weighted by Gasteiger charge is -2.27. The van der Waals surface area contributed by atoms with E-state index in [-0.39, 0.29) is 36.4 Å². The minimum Gasteiger partial charge on any atom is -0.385 e. The zero-order valence-electron chi connectivity index (χ0n) is 17.0. The van der Waals surface area contributed by atoms with E-state index in [1.165, 1.54) is 12.8 Å². The second-order valence-electron chi connectivity index (χ2n) is 7.43. The summed E-state index contributed by atoms with van der Waals surface area (Å²) in [6.07, 6.45) is 3.51. The van der Waals surface area contributed by atoms with Gasteiger partial charge in [-0.15, -0.1) is 24.0 Å². The van der Waals surface area contributed by atoms with Gasteiger partial charge in [-0.1, -0.05) is 0 Å². The van der Waals surface area contributed by atoms with Gasteiger partial charge in [-0.25, -0.2) is 4.99 Å². The van der Waals surface area contributed by atoms with E-state index in [1.807, 2.05) is 0 Å². The van der Waals surface area contributed by atoms with Crippen LogP contribution in [0.3, 0.4) is 0 Å². The summed E-state index contributed by atoms with van der Waals surface area (Å²) < 4.78 is 10.6. The molecule has 27 heavy (non-hydrogen) atoms. The Kier molecular flexibility index (Phi) is 11.5. The molecule has 1 saturated carbocycles. The molecule has 9 heteroatoms. The van der Waals surface area contributed by atoms with Crippen LogP contribution < -0.4 is 10.6 Å². The van der Waals surface area contributed by atoms with E-state index in [9.17, 15) is 4.79 Å². The molecule has 1 aliphatic heterocycles. The maximum absolute atomic E-state index is 11.8. The van der Waals surface area contributed by atoms with E-state index in [1.54, 1.807) is 26.1 Å². The number of aliphatic imine (C=N–C) groups is 1. The third-order valence-electron chi connectivity index (χ3n) is 5.12. The van der Waals surface area contributed by atoms with Crippen molar-refractivity contribution < 1.29 is 14.3 Å². The molecule has 0 unspecified atom stereocenters. The zero-order valence-corrected chi connectivity index (χ0v) is 19.3. The number of hydrogen-bond donors (Lipinski definition) is 2. The van der Waals surface area contributed by atoms with Crippen LogP contribution in [0.1, 0.15) is 19.3 Å². The Morgan fingerprint density at radius 3 is 2.56 bits per heavy atom. The summed E-state index contributed by atoms with van der Waals surface area (Å²) >= 11 is 0. The number of morpholine rings is 1. The summed E-state index contributed by atoms with van der Waals surface area (Å²) in [6, 6.07) is 0. The van der Waals surface area contributed by atoms with E-state index in [0.29, 0.717) is 5.41 Å². The Morgan fingerprint density at radius 2 is 1.96 bits per heavy atom. The lowest BCUT2D eigenvalue weighted by atomic mass is 10.0. The fourth-order valence-corrected chi connectivity index (χ4v) is 2.90. The normalized spacial score (nSPS) is 19.1. The molecule has 0 aromatic heterocycles. The van der Waals surface area contributed by atoms with E-state index in [0.717, 1.165) is 64.9 Å². The predicted octanol–water partition coefficient (Wildman–Crippen LogP) is 0.377. The van der Waals surface area contributed by atoms with Crippen molar-refractivity contribution in [2.45, 2.75) is 19.3 Å². The summed E-state index contributed by atoms with van der Waals surface area (Å²) in [5, 5.41) is 6.81. The van der Waals surface area contributed by atoms with Crippen LogP contribution >= 0.6 is 24.0 Å². The number of amides is 1. The molecule has 0 aromatic rings. The molecule has 2 fully saturated rings. The molecule has 1 aliphatic carbocycles. The van der Waals surface area contributed by atoms with Crippen LogP contribution in [0.15, 0.2) is 4.99 Å². The number of rotatable bonds is 10. The Morgan fingerprint density at radius 1 is 1.26 bits per heavy atom. The molecule has 2 N–H and O–H groups in total. The molecule has 158 valence electrons. The first-order valence-corrected chi connectivity index (χ1v) is 9.56.